The topological polar surface area (TPSA) is 67.4 Å². The molecule has 0 heterocycles. The molecule has 2 fully saturated rings. The van der Waals surface area contributed by atoms with Crippen molar-refractivity contribution in [2.24, 2.45) is 0 Å². The van der Waals surface area contributed by atoms with Gasteiger partial charge in [0.1, 0.15) is 0 Å². The molecule has 5 nitrogen and oxygen atoms in total. The molecule has 2 aliphatic rings. The van der Waals surface area contributed by atoms with Crippen LogP contribution in [0.25, 0.3) is 0 Å². The third kappa shape index (κ3) is 4.57. The number of amides is 2. The predicted molar refractivity (Wildman–Crippen MR) is 114 cm³/mol. The molecule has 2 amide bonds. The van der Waals surface area contributed by atoms with Crippen molar-refractivity contribution in [3.05, 3.63) is 64.7 Å². The van der Waals surface area contributed by atoms with Crippen LogP contribution >= 0.6 is 11.6 Å². The number of halogens is 3. The van der Waals surface area contributed by atoms with Gasteiger partial charge >= 0.3 is 0 Å². The fraction of sp³-hybridized carbons (Fsp3) is 0.391. The molecule has 2 atom stereocenters. The summed E-state index contributed by atoms with van der Waals surface area (Å²) in [6, 6.07) is 12.9. The van der Waals surface area contributed by atoms with Crippen LogP contribution in [0.3, 0.4) is 0 Å². The molecule has 0 spiro atoms. The van der Waals surface area contributed by atoms with Crippen molar-refractivity contribution in [3.63, 3.8) is 0 Å². The van der Waals surface area contributed by atoms with Crippen molar-refractivity contribution in [2.75, 3.05) is 11.9 Å². The molecule has 0 aromatic heterocycles. The first kappa shape index (κ1) is 21.7. The highest BCUT2D eigenvalue weighted by atomic mass is 35.5. The van der Waals surface area contributed by atoms with E-state index in [-0.39, 0.29) is 18.1 Å². The molecule has 0 bridgehead atoms. The number of rotatable bonds is 7. The van der Waals surface area contributed by atoms with E-state index in [1.165, 1.54) is 0 Å². The highest BCUT2D eigenvalue weighted by Crippen LogP contribution is 2.54. The second-order valence-electron chi connectivity index (χ2n) is 8.14. The Balaban J connectivity index is 1.47. The molecule has 2 aliphatic carbocycles. The lowest BCUT2D eigenvalue weighted by Gasteiger charge is -2.46. The Bertz CT molecular complexity index is 989. The molecule has 0 unspecified atom stereocenters. The average molecular weight is 449 g/mol. The molecule has 8 heteroatoms. The number of alkyl halides is 2. The van der Waals surface area contributed by atoms with Gasteiger partial charge in [0.15, 0.2) is 0 Å². The van der Waals surface area contributed by atoms with Gasteiger partial charge in [0.25, 0.3) is 11.8 Å². The minimum Gasteiger partial charge on any atom is -0.376 e. The Labute approximate surface area is 184 Å². The molecular weight excluding hydrogens is 426 g/mol. The van der Waals surface area contributed by atoms with E-state index in [1.54, 1.807) is 48.5 Å². The van der Waals surface area contributed by atoms with Gasteiger partial charge in [0.2, 0.25) is 5.91 Å². The van der Waals surface area contributed by atoms with Gasteiger partial charge in [0.05, 0.1) is 17.6 Å². The number of anilines is 1. The normalized spacial score (nSPS) is 22.8. The number of hydrogen-bond donors (Lipinski definition) is 2. The van der Waals surface area contributed by atoms with Crippen molar-refractivity contribution in [2.45, 2.75) is 49.7 Å². The van der Waals surface area contributed by atoms with Crippen molar-refractivity contribution in [1.82, 2.24) is 5.32 Å². The van der Waals surface area contributed by atoms with Gasteiger partial charge in [-0.05, 0) is 49.2 Å². The minimum absolute atomic E-state index is 0.0457. The van der Waals surface area contributed by atoms with E-state index in [0.717, 1.165) is 0 Å². The summed E-state index contributed by atoms with van der Waals surface area (Å²) in [4.78, 5) is 25.3. The Morgan fingerprint density at radius 1 is 1.16 bits per heavy atom. The largest absolute Gasteiger partial charge is 0.376 e. The maximum atomic E-state index is 13.8. The summed E-state index contributed by atoms with van der Waals surface area (Å²) < 4.78 is 33.1. The zero-order valence-electron chi connectivity index (χ0n) is 17.0. The first-order valence-corrected chi connectivity index (χ1v) is 10.6. The van der Waals surface area contributed by atoms with Crippen LogP contribution < -0.4 is 10.6 Å². The summed E-state index contributed by atoms with van der Waals surface area (Å²) in [5, 5.41) is 6.05. The minimum atomic E-state index is -2.88. The number of carbonyl (C=O) groups is 2. The van der Waals surface area contributed by atoms with E-state index >= 15 is 0 Å². The Morgan fingerprint density at radius 3 is 2.48 bits per heavy atom. The average Bonchev–Trinajstić information content (AvgIpc) is 3.43. The molecule has 0 aliphatic heterocycles. The quantitative estimate of drug-likeness (QED) is 0.652. The van der Waals surface area contributed by atoms with Crippen LogP contribution in [0.5, 0.6) is 0 Å². The molecule has 0 radical (unpaired) electrons. The summed E-state index contributed by atoms with van der Waals surface area (Å²) in [5.41, 5.74) is 0.122. The maximum absolute atomic E-state index is 13.8. The zero-order valence-corrected chi connectivity index (χ0v) is 17.7. The van der Waals surface area contributed by atoms with Gasteiger partial charge in [-0.15, -0.1) is 0 Å². The molecule has 2 aromatic rings. The summed E-state index contributed by atoms with van der Waals surface area (Å²) >= 11 is 5.92. The standard InChI is InChI=1S/C23H23ClF2N2O3/c1-2-31-19-11-18(19)28-21(30)22(12-23(25,26)13-22)15-6-8-17(9-7-15)27-20(29)14-4-3-5-16(24)10-14/h3-10,18-19H,2,11-13H2,1H3,(H,27,29)(H,28,30)/t18-,19+/m1/s1. The number of hydrogen-bond acceptors (Lipinski definition) is 3. The molecular formula is C23H23ClF2N2O3. The molecule has 2 N–H and O–H groups in total. The summed E-state index contributed by atoms with van der Waals surface area (Å²) in [7, 11) is 0. The van der Waals surface area contributed by atoms with Gasteiger partial charge in [0, 0.05) is 35.7 Å². The molecule has 4 rings (SSSR count). The van der Waals surface area contributed by atoms with Crippen molar-refractivity contribution in [1.29, 1.82) is 0 Å². The molecule has 2 aromatic carbocycles. The van der Waals surface area contributed by atoms with Crippen molar-refractivity contribution in [3.8, 4) is 0 Å². The summed E-state index contributed by atoms with van der Waals surface area (Å²) in [6.45, 7) is 2.42. The highest BCUT2D eigenvalue weighted by molar-refractivity contribution is 6.31. The van der Waals surface area contributed by atoms with E-state index in [0.29, 0.717) is 34.9 Å². The third-order valence-electron chi connectivity index (χ3n) is 5.77. The first-order chi connectivity index (χ1) is 14.7. The number of carbonyl (C=O) groups excluding carboxylic acids is 2. The van der Waals surface area contributed by atoms with Crippen LogP contribution in [0.1, 0.15) is 42.1 Å². The Morgan fingerprint density at radius 2 is 1.87 bits per heavy atom. The van der Waals surface area contributed by atoms with Gasteiger partial charge in [-0.1, -0.05) is 29.8 Å². The zero-order chi connectivity index (χ0) is 22.2. The fourth-order valence-corrected chi connectivity index (χ4v) is 4.25. The Kier molecular flexibility index (Phi) is 5.75. The third-order valence-corrected chi connectivity index (χ3v) is 6.00. The summed E-state index contributed by atoms with van der Waals surface area (Å²) in [6.07, 6.45) is -0.422. The van der Waals surface area contributed by atoms with Gasteiger partial charge in [-0.25, -0.2) is 8.78 Å². The van der Waals surface area contributed by atoms with E-state index in [4.69, 9.17) is 16.3 Å². The van der Waals surface area contributed by atoms with Crippen molar-refractivity contribution >= 4 is 29.1 Å². The van der Waals surface area contributed by atoms with E-state index in [9.17, 15) is 18.4 Å². The fourth-order valence-electron chi connectivity index (χ4n) is 4.06. The van der Waals surface area contributed by atoms with Crippen LogP contribution in [0.4, 0.5) is 14.5 Å². The number of benzene rings is 2. The Hall–Kier alpha value is -2.51. The predicted octanol–water partition coefficient (Wildman–Crippen LogP) is 4.55. The van der Waals surface area contributed by atoms with E-state index in [2.05, 4.69) is 10.6 Å². The lowest BCUT2D eigenvalue weighted by molar-refractivity contribution is -0.159. The van der Waals surface area contributed by atoms with Crippen LogP contribution in [0.15, 0.2) is 48.5 Å². The second-order valence-corrected chi connectivity index (χ2v) is 8.58. The maximum Gasteiger partial charge on any atom is 0.255 e. The van der Waals surface area contributed by atoms with Gasteiger partial charge < -0.3 is 15.4 Å². The summed E-state index contributed by atoms with van der Waals surface area (Å²) in [5.74, 6) is -3.62. The van der Waals surface area contributed by atoms with Crippen LogP contribution in [0, 0.1) is 0 Å². The highest BCUT2D eigenvalue weighted by Gasteiger charge is 2.62. The van der Waals surface area contributed by atoms with E-state index in [1.807, 2.05) is 6.92 Å². The van der Waals surface area contributed by atoms with Gasteiger partial charge in [-0.3, -0.25) is 9.59 Å². The molecule has 0 saturated heterocycles. The lowest BCUT2D eigenvalue weighted by Crippen LogP contribution is -2.58. The van der Waals surface area contributed by atoms with Crippen LogP contribution in [-0.4, -0.2) is 36.5 Å². The first-order valence-electron chi connectivity index (χ1n) is 10.2. The van der Waals surface area contributed by atoms with Crippen LogP contribution in [0.2, 0.25) is 5.02 Å². The number of ether oxygens (including phenoxy) is 1. The smallest absolute Gasteiger partial charge is 0.255 e. The monoisotopic (exact) mass is 448 g/mol. The van der Waals surface area contributed by atoms with Crippen LogP contribution in [-0.2, 0) is 14.9 Å². The molecule has 164 valence electrons. The molecule has 2 saturated carbocycles. The SMILES string of the molecule is CCO[C@H]1C[C@H]1NC(=O)C1(c2ccc(NC(=O)c3cccc(Cl)c3)cc2)CC(F)(F)C1. The second kappa shape index (κ2) is 8.20. The van der Waals surface area contributed by atoms with Gasteiger partial charge in [-0.2, -0.15) is 0 Å². The number of nitrogens with one attached hydrogen (secondary N) is 2. The lowest BCUT2D eigenvalue weighted by atomic mass is 9.61. The van der Waals surface area contributed by atoms with Crippen molar-refractivity contribution < 1.29 is 23.1 Å². The molecule has 31 heavy (non-hydrogen) atoms. The van der Waals surface area contributed by atoms with E-state index < -0.39 is 30.1 Å².